The van der Waals surface area contributed by atoms with Crippen LogP contribution in [0.25, 0.3) is 0 Å². The molecule has 132 valence electrons. The van der Waals surface area contributed by atoms with Gasteiger partial charge in [0, 0.05) is 0 Å². The number of hydrogen-bond donors (Lipinski definition) is 1. The highest BCUT2D eigenvalue weighted by Crippen LogP contribution is 2.36. The Bertz CT molecular complexity index is 810. The van der Waals surface area contributed by atoms with Gasteiger partial charge in [-0.15, -0.1) is 0 Å². The molecule has 0 saturated heterocycles. The zero-order valence-electron chi connectivity index (χ0n) is 12.9. The monoisotopic (exact) mass is 371 g/mol. The highest BCUT2D eigenvalue weighted by molar-refractivity contribution is 6.33. The van der Waals surface area contributed by atoms with Gasteiger partial charge in [-0.05, 0) is 37.3 Å². The predicted molar refractivity (Wildman–Crippen MR) is 86.0 cm³/mol. The molecule has 0 unspecified atom stereocenters. The van der Waals surface area contributed by atoms with Crippen LogP contribution in [0.4, 0.5) is 18.9 Å². The number of ether oxygens (including phenoxy) is 2. The lowest BCUT2D eigenvalue weighted by Gasteiger charge is -2.31. The van der Waals surface area contributed by atoms with Crippen LogP contribution in [0, 0.1) is 0 Å². The summed E-state index contributed by atoms with van der Waals surface area (Å²) in [6.45, 7) is 1.63. The van der Waals surface area contributed by atoms with Gasteiger partial charge in [-0.25, -0.2) is 0 Å². The van der Waals surface area contributed by atoms with Gasteiger partial charge in [-0.2, -0.15) is 13.2 Å². The van der Waals surface area contributed by atoms with Crippen molar-refractivity contribution in [3.05, 3.63) is 53.1 Å². The summed E-state index contributed by atoms with van der Waals surface area (Å²) in [4.78, 5) is 12.4. The molecule has 1 N–H and O–H groups in total. The van der Waals surface area contributed by atoms with Crippen LogP contribution in [0.1, 0.15) is 12.5 Å². The van der Waals surface area contributed by atoms with E-state index in [4.69, 9.17) is 21.1 Å². The Hall–Kier alpha value is -2.41. The van der Waals surface area contributed by atoms with Crippen LogP contribution in [-0.2, 0) is 11.0 Å². The second-order valence-corrected chi connectivity index (χ2v) is 5.90. The van der Waals surface area contributed by atoms with Crippen LogP contribution < -0.4 is 14.8 Å². The molecule has 0 bridgehead atoms. The maximum Gasteiger partial charge on any atom is 0.416 e. The molecule has 0 radical (unpaired) electrons. The van der Waals surface area contributed by atoms with Gasteiger partial charge in [-0.3, -0.25) is 4.79 Å². The summed E-state index contributed by atoms with van der Waals surface area (Å²) in [5.41, 5.74) is -1.05. The second-order valence-electron chi connectivity index (χ2n) is 5.49. The zero-order chi connectivity index (χ0) is 18.2. The van der Waals surface area contributed by atoms with E-state index in [1.165, 1.54) is 0 Å². The van der Waals surface area contributed by atoms with E-state index in [9.17, 15) is 18.0 Å². The number of carbonyl (C=O) groups is 1. The third-order valence-electron chi connectivity index (χ3n) is 3.65. The number of fused-ring (bicyclic) bond motifs is 1. The number of hydrogen-bond acceptors (Lipinski definition) is 3. The highest BCUT2D eigenvalue weighted by Gasteiger charge is 2.35. The molecule has 2 atom stereocenters. The molecule has 0 spiro atoms. The van der Waals surface area contributed by atoms with E-state index < -0.39 is 29.9 Å². The summed E-state index contributed by atoms with van der Waals surface area (Å²) in [7, 11) is 0. The van der Waals surface area contributed by atoms with Gasteiger partial charge in [0.2, 0.25) is 6.10 Å². The molecule has 2 aromatic carbocycles. The quantitative estimate of drug-likeness (QED) is 0.844. The number of halogens is 4. The molecule has 8 heteroatoms. The molecule has 3 rings (SSSR count). The van der Waals surface area contributed by atoms with E-state index >= 15 is 0 Å². The molecule has 1 amide bonds. The number of alkyl halides is 3. The molecular formula is C17H13ClF3NO3. The highest BCUT2D eigenvalue weighted by atomic mass is 35.5. The van der Waals surface area contributed by atoms with E-state index in [-0.39, 0.29) is 10.7 Å². The zero-order valence-corrected chi connectivity index (χ0v) is 13.7. The minimum absolute atomic E-state index is 0.00821. The van der Waals surface area contributed by atoms with Gasteiger partial charge in [0.1, 0.15) is 6.10 Å². The van der Waals surface area contributed by atoms with Crippen LogP contribution in [0.15, 0.2) is 42.5 Å². The lowest BCUT2D eigenvalue weighted by atomic mass is 10.1. The first kappa shape index (κ1) is 17.4. The van der Waals surface area contributed by atoms with E-state index in [2.05, 4.69) is 5.32 Å². The Morgan fingerprint density at radius 1 is 1.12 bits per heavy atom. The standard InChI is InChI=1S/C17H13ClF3NO3/c1-9-15(25-14-5-3-2-4-13(14)24-9)16(23)22-12-8-10(17(19,20)21)6-7-11(12)18/h2-9,15H,1H3,(H,22,23)/t9-,15+/m1/s1. The van der Waals surface area contributed by atoms with Crippen LogP contribution in [-0.4, -0.2) is 18.1 Å². The maximum absolute atomic E-state index is 12.8. The van der Waals surface area contributed by atoms with Crippen molar-refractivity contribution in [2.24, 2.45) is 0 Å². The molecule has 4 nitrogen and oxygen atoms in total. The van der Waals surface area contributed by atoms with Crippen molar-refractivity contribution in [2.45, 2.75) is 25.3 Å². The van der Waals surface area contributed by atoms with Crippen LogP contribution in [0.3, 0.4) is 0 Å². The molecule has 0 aliphatic carbocycles. The largest absolute Gasteiger partial charge is 0.482 e. The van der Waals surface area contributed by atoms with Crippen molar-refractivity contribution in [1.82, 2.24) is 0 Å². The topological polar surface area (TPSA) is 47.6 Å². The lowest BCUT2D eigenvalue weighted by Crippen LogP contribution is -2.46. The molecule has 1 heterocycles. The lowest BCUT2D eigenvalue weighted by molar-refractivity contribution is -0.137. The molecule has 0 saturated carbocycles. The van der Waals surface area contributed by atoms with Crippen LogP contribution in [0.5, 0.6) is 11.5 Å². The van der Waals surface area contributed by atoms with Crippen molar-refractivity contribution < 1.29 is 27.4 Å². The first-order valence-electron chi connectivity index (χ1n) is 7.35. The van der Waals surface area contributed by atoms with Crippen LogP contribution >= 0.6 is 11.6 Å². The summed E-state index contributed by atoms with van der Waals surface area (Å²) in [6, 6.07) is 9.52. The normalized spacial score (nSPS) is 19.4. The van der Waals surface area contributed by atoms with Crippen molar-refractivity contribution in [2.75, 3.05) is 5.32 Å². The number of rotatable bonds is 2. The smallest absolute Gasteiger partial charge is 0.416 e. The Balaban J connectivity index is 1.81. The first-order chi connectivity index (χ1) is 11.8. The Labute approximate surface area is 146 Å². The summed E-state index contributed by atoms with van der Waals surface area (Å²) in [6.07, 6.45) is -6.19. The number of nitrogens with one attached hydrogen (secondary N) is 1. The molecule has 2 aromatic rings. The van der Waals surface area contributed by atoms with E-state index in [1.807, 2.05) is 0 Å². The maximum atomic E-state index is 12.8. The van der Waals surface area contributed by atoms with Crippen molar-refractivity contribution in [3.8, 4) is 11.5 Å². The number of para-hydroxylation sites is 2. The van der Waals surface area contributed by atoms with Gasteiger partial charge in [0.25, 0.3) is 5.91 Å². The Kier molecular flexibility index (Phi) is 4.51. The summed E-state index contributed by atoms with van der Waals surface area (Å²) in [5, 5.41) is 2.37. The molecule has 1 aliphatic rings. The number of amides is 1. The third kappa shape index (κ3) is 3.66. The van der Waals surface area contributed by atoms with Gasteiger partial charge in [0.15, 0.2) is 11.5 Å². The van der Waals surface area contributed by atoms with Crippen molar-refractivity contribution in [1.29, 1.82) is 0 Å². The van der Waals surface area contributed by atoms with Crippen molar-refractivity contribution in [3.63, 3.8) is 0 Å². The predicted octanol–water partition coefficient (Wildman–Crippen LogP) is 4.53. The average Bonchev–Trinajstić information content (AvgIpc) is 2.55. The van der Waals surface area contributed by atoms with Gasteiger partial charge in [0.05, 0.1) is 16.3 Å². The third-order valence-corrected chi connectivity index (χ3v) is 3.98. The number of carbonyl (C=O) groups excluding carboxylic acids is 1. The molecule has 0 fully saturated rings. The fraction of sp³-hybridized carbons (Fsp3) is 0.235. The fourth-order valence-corrected chi connectivity index (χ4v) is 2.57. The summed E-state index contributed by atoms with van der Waals surface area (Å²) in [5.74, 6) is 0.232. The van der Waals surface area contributed by atoms with E-state index in [1.54, 1.807) is 31.2 Å². The minimum atomic E-state index is -4.54. The summed E-state index contributed by atoms with van der Waals surface area (Å²) < 4.78 is 49.7. The summed E-state index contributed by atoms with van der Waals surface area (Å²) >= 11 is 5.89. The van der Waals surface area contributed by atoms with Gasteiger partial charge >= 0.3 is 6.18 Å². The van der Waals surface area contributed by atoms with Crippen molar-refractivity contribution >= 4 is 23.2 Å². The molecule has 1 aliphatic heterocycles. The van der Waals surface area contributed by atoms with E-state index in [0.717, 1.165) is 18.2 Å². The molecular weight excluding hydrogens is 359 g/mol. The van der Waals surface area contributed by atoms with Gasteiger partial charge in [-0.1, -0.05) is 23.7 Å². The van der Waals surface area contributed by atoms with E-state index in [0.29, 0.717) is 11.5 Å². The first-order valence-corrected chi connectivity index (χ1v) is 7.73. The minimum Gasteiger partial charge on any atom is -0.482 e. The number of anilines is 1. The van der Waals surface area contributed by atoms with Crippen LogP contribution in [0.2, 0.25) is 5.02 Å². The number of benzene rings is 2. The fourth-order valence-electron chi connectivity index (χ4n) is 2.41. The Morgan fingerprint density at radius 3 is 2.40 bits per heavy atom. The molecule has 0 aromatic heterocycles. The second kappa shape index (κ2) is 6.48. The Morgan fingerprint density at radius 2 is 1.76 bits per heavy atom. The molecule has 25 heavy (non-hydrogen) atoms. The van der Waals surface area contributed by atoms with Gasteiger partial charge < -0.3 is 14.8 Å². The SMILES string of the molecule is C[C@H]1Oc2ccccc2O[C@@H]1C(=O)Nc1cc(C(F)(F)F)ccc1Cl. The average molecular weight is 372 g/mol.